The minimum atomic E-state index is -0.594. The van der Waals surface area contributed by atoms with E-state index in [1.54, 1.807) is 28.8 Å². The SMILES string of the molecule is COCCn1c(=O)c2c(ncn2Cc2ccc(C(=O)OC)cc2)n(-c2ccc(F)cc2)c1=O. The Morgan fingerprint density at radius 2 is 1.73 bits per heavy atom. The lowest BCUT2D eigenvalue weighted by atomic mass is 10.1. The third kappa shape index (κ3) is 4.20. The topological polar surface area (TPSA) is 97.3 Å². The number of ether oxygens (including phenoxy) is 2. The second-order valence-corrected chi connectivity index (χ2v) is 7.28. The van der Waals surface area contributed by atoms with E-state index in [9.17, 15) is 18.8 Å². The summed E-state index contributed by atoms with van der Waals surface area (Å²) in [6.45, 7) is 0.483. The number of halogens is 1. The highest BCUT2D eigenvalue weighted by atomic mass is 19.1. The molecular weight excluding hydrogens is 431 g/mol. The van der Waals surface area contributed by atoms with Crippen LogP contribution in [0.4, 0.5) is 4.39 Å². The van der Waals surface area contributed by atoms with Gasteiger partial charge in [0.2, 0.25) is 0 Å². The van der Waals surface area contributed by atoms with Crippen LogP contribution in [0.5, 0.6) is 0 Å². The minimum absolute atomic E-state index is 0.0459. The Hall–Kier alpha value is -4.05. The van der Waals surface area contributed by atoms with Crippen molar-refractivity contribution in [3.8, 4) is 5.69 Å². The van der Waals surface area contributed by atoms with E-state index >= 15 is 0 Å². The van der Waals surface area contributed by atoms with E-state index in [1.165, 1.54) is 49.4 Å². The van der Waals surface area contributed by atoms with Gasteiger partial charge in [0.25, 0.3) is 5.56 Å². The maximum absolute atomic E-state index is 13.5. The molecule has 0 fully saturated rings. The molecule has 0 aliphatic carbocycles. The van der Waals surface area contributed by atoms with E-state index in [1.807, 2.05) is 0 Å². The van der Waals surface area contributed by atoms with Gasteiger partial charge >= 0.3 is 11.7 Å². The molecule has 0 bridgehead atoms. The summed E-state index contributed by atoms with van der Waals surface area (Å²) in [7, 11) is 2.79. The summed E-state index contributed by atoms with van der Waals surface area (Å²) >= 11 is 0. The van der Waals surface area contributed by atoms with Gasteiger partial charge in [-0.25, -0.2) is 23.5 Å². The fourth-order valence-electron chi connectivity index (χ4n) is 3.56. The van der Waals surface area contributed by atoms with Gasteiger partial charge in [0.05, 0.1) is 37.8 Å². The highest BCUT2D eigenvalue weighted by molar-refractivity contribution is 5.89. The number of benzene rings is 2. The first-order valence-corrected chi connectivity index (χ1v) is 10.1. The zero-order valence-corrected chi connectivity index (χ0v) is 18.0. The van der Waals surface area contributed by atoms with Gasteiger partial charge in [0, 0.05) is 13.7 Å². The first-order valence-electron chi connectivity index (χ1n) is 10.1. The average molecular weight is 452 g/mol. The predicted molar refractivity (Wildman–Crippen MR) is 118 cm³/mol. The molecule has 0 aliphatic heterocycles. The minimum Gasteiger partial charge on any atom is -0.465 e. The van der Waals surface area contributed by atoms with Crippen LogP contribution >= 0.6 is 0 Å². The number of imidazole rings is 1. The number of nitrogens with zero attached hydrogens (tertiary/aromatic N) is 4. The molecule has 0 radical (unpaired) electrons. The third-order valence-electron chi connectivity index (χ3n) is 5.23. The maximum atomic E-state index is 13.5. The molecule has 2 heterocycles. The summed E-state index contributed by atoms with van der Waals surface area (Å²) in [4.78, 5) is 42.4. The fraction of sp³-hybridized carbons (Fsp3) is 0.217. The standard InChI is InChI=1S/C23H21FN4O5/c1-32-12-11-27-21(29)19-20(28(23(27)31)18-9-7-17(24)8-10-18)25-14-26(19)13-15-3-5-16(6-4-15)22(30)33-2/h3-10,14H,11-13H2,1-2H3. The molecule has 0 amide bonds. The van der Waals surface area contributed by atoms with Crippen molar-refractivity contribution in [3.63, 3.8) is 0 Å². The largest absolute Gasteiger partial charge is 0.465 e. The van der Waals surface area contributed by atoms with Gasteiger partial charge in [-0.05, 0) is 42.0 Å². The van der Waals surface area contributed by atoms with Crippen molar-refractivity contribution >= 4 is 17.1 Å². The van der Waals surface area contributed by atoms with Gasteiger partial charge in [0.1, 0.15) is 5.82 Å². The first kappa shape index (κ1) is 22.2. The van der Waals surface area contributed by atoms with Crippen molar-refractivity contribution in [2.24, 2.45) is 0 Å². The number of esters is 1. The third-order valence-corrected chi connectivity index (χ3v) is 5.23. The molecule has 0 aliphatic rings. The summed E-state index contributed by atoms with van der Waals surface area (Å²) in [5.41, 5.74) is 0.875. The second-order valence-electron chi connectivity index (χ2n) is 7.28. The van der Waals surface area contributed by atoms with E-state index in [4.69, 9.17) is 9.47 Å². The molecule has 0 unspecified atom stereocenters. The Kier molecular flexibility index (Phi) is 6.18. The van der Waals surface area contributed by atoms with Crippen LogP contribution in [0.25, 0.3) is 16.9 Å². The van der Waals surface area contributed by atoms with Crippen LogP contribution < -0.4 is 11.2 Å². The lowest BCUT2D eigenvalue weighted by molar-refractivity contribution is 0.0600. The molecule has 4 rings (SSSR count). The molecule has 0 saturated heterocycles. The number of aromatic nitrogens is 4. The maximum Gasteiger partial charge on any atom is 0.337 e. The molecule has 2 aromatic heterocycles. The van der Waals surface area contributed by atoms with Crippen LogP contribution in [0.2, 0.25) is 0 Å². The molecule has 0 N–H and O–H groups in total. The van der Waals surface area contributed by atoms with Gasteiger partial charge in [0.15, 0.2) is 11.2 Å². The van der Waals surface area contributed by atoms with E-state index in [0.717, 1.165) is 10.1 Å². The number of hydrogen-bond acceptors (Lipinski definition) is 6. The highest BCUT2D eigenvalue weighted by Gasteiger charge is 2.19. The summed E-state index contributed by atoms with van der Waals surface area (Å²) in [5.74, 6) is -0.893. The fourth-order valence-corrected chi connectivity index (χ4v) is 3.56. The summed E-state index contributed by atoms with van der Waals surface area (Å²) < 4.78 is 27.2. The van der Waals surface area contributed by atoms with Crippen LogP contribution in [0, 0.1) is 5.82 Å². The van der Waals surface area contributed by atoms with Crippen molar-refractivity contribution < 1.29 is 18.7 Å². The second kappa shape index (κ2) is 9.21. The quantitative estimate of drug-likeness (QED) is 0.398. The molecule has 4 aromatic rings. The smallest absolute Gasteiger partial charge is 0.337 e. The summed E-state index contributed by atoms with van der Waals surface area (Å²) in [6.07, 6.45) is 1.47. The molecule has 9 nitrogen and oxygen atoms in total. The Bertz CT molecular complexity index is 1420. The van der Waals surface area contributed by atoms with Gasteiger partial charge in [-0.3, -0.25) is 9.36 Å². The van der Waals surface area contributed by atoms with E-state index in [2.05, 4.69) is 4.98 Å². The van der Waals surface area contributed by atoms with E-state index < -0.39 is 23.0 Å². The van der Waals surface area contributed by atoms with Crippen molar-refractivity contribution in [1.82, 2.24) is 18.7 Å². The average Bonchev–Trinajstić information content (AvgIpc) is 3.23. The molecule has 33 heavy (non-hydrogen) atoms. The monoisotopic (exact) mass is 452 g/mol. The zero-order valence-electron chi connectivity index (χ0n) is 18.0. The van der Waals surface area contributed by atoms with Crippen molar-refractivity contribution in [3.05, 3.63) is 92.6 Å². The van der Waals surface area contributed by atoms with Crippen LogP contribution in [-0.4, -0.2) is 45.5 Å². The molecule has 10 heteroatoms. The van der Waals surface area contributed by atoms with Gasteiger partial charge in [-0.1, -0.05) is 12.1 Å². The summed E-state index contributed by atoms with van der Waals surface area (Å²) in [6, 6.07) is 12.1. The van der Waals surface area contributed by atoms with Crippen LogP contribution in [0.15, 0.2) is 64.4 Å². The zero-order chi connectivity index (χ0) is 23.5. The van der Waals surface area contributed by atoms with Crippen LogP contribution in [0.1, 0.15) is 15.9 Å². The van der Waals surface area contributed by atoms with Crippen LogP contribution in [0.3, 0.4) is 0 Å². The number of rotatable bonds is 7. The normalized spacial score (nSPS) is 11.1. The first-order chi connectivity index (χ1) is 15.9. The Morgan fingerprint density at radius 1 is 1.03 bits per heavy atom. The summed E-state index contributed by atoms with van der Waals surface area (Å²) in [5, 5.41) is 0. The number of methoxy groups -OCH3 is 2. The van der Waals surface area contributed by atoms with Gasteiger partial charge < -0.3 is 14.0 Å². The molecule has 2 aromatic carbocycles. The van der Waals surface area contributed by atoms with Gasteiger partial charge in [-0.15, -0.1) is 0 Å². The van der Waals surface area contributed by atoms with Crippen molar-refractivity contribution in [2.75, 3.05) is 20.8 Å². The lowest BCUT2D eigenvalue weighted by Gasteiger charge is -2.13. The molecular formula is C23H21FN4O5. The molecule has 170 valence electrons. The number of fused-ring (bicyclic) bond motifs is 1. The van der Waals surface area contributed by atoms with Crippen LogP contribution in [-0.2, 0) is 22.6 Å². The lowest BCUT2D eigenvalue weighted by Crippen LogP contribution is -2.41. The Morgan fingerprint density at radius 3 is 2.36 bits per heavy atom. The number of hydrogen-bond donors (Lipinski definition) is 0. The van der Waals surface area contributed by atoms with Crippen molar-refractivity contribution in [1.29, 1.82) is 0 Å². The molecule has 0 spiro atoms. The Balaban J connectivity index is 1.86. The highest BCUT2D eigenvalue weighted by Crippen LogP contribution is 2.16. The molecule has 0 saturated carbocycles. The predicted octanol–water partition coefficient (Wildman–Crippen LogP) is 1.97. The number of carbonyl (C=O) groups is 1. The number of carbonyl (C=O) groups excluding carboxylic acids is 1. The van der Waals surface area contributed by atoms with E-state index in [0.29, 0.717) is 11.3 Å². The van der Waals surface area contributed by atoms with Crippen molar-refractivity contribution in [2.45, 2.75) is 13.1 Å². The van der Waals surface area contributed by atoms with E-state index in [-0.39, 0.29) is 30.9 Å². The Labute approximate surface area is 187 Å². The molecule has 0 atom stereocenters. The van der Waals surface area contributed by atoms with Gasteiger partial charge in [-0.2, -0.15) is 0 Å².